The van der Waals surface area contributed by atoms with Gasteiger partial charge < -0.3 is 20.1 Å². The Morgan fingerprint density at radius 2 is 1.86 bits per heavy atom. The molecule has 6 nitrogen and oxygen atoms in total. The van der Waals surface area contributed by atoms with E-state index in [1.165, 1.54) is 4.90 Å². The van der Waals surface area contributed by atoms with Crippen molar-refractivity contribution in [1.29, 1.82) is 0 Å². The SMILES string of the molecule is CC(NC(=O)C(C)(C)C)C(=O)N(C)CC1(O)CCOCC1. The van der Waals surface area contributed by atoms with Crippen LogP contribution in [0.4, 0.5) is 0 Å². The molecule has 1 fully saturated rings. The van der Waals surface area contributed by atoms with E-state index in [4.69, 9.17) is 4.74 Å². The fraction of sp³-hybridized carbons (Fsp3) is 0.867. The predicted octanol–water partition coefficient (Wildman–Crippen LogP) is 0.537. The third kappa shape index (κ3) is 5.28. The van der Waals surface area contributed by atoms with Crippen molar-refractivity contribution >= 4 is 11.8 Å². The van der Waals surface area contributed by atoms with Crippen molar-refractivity contribution in [3.63, 3.8) is 0 Å². The minimum Gasteiger partial charge on any atom is -0.388 e. The van der Waals surface area contributed by atoms with Gasteiger partial charge in [-0.05, 0) is 6.92 Å². The lowest BCUT2D eigenvalue weighted by atomic mass is 9.93. The Morgan fingerprint density at radius 3 is 2.33 bits per heavy atom. The summed E-state index contributed by atoms with van der Waals surface area (Å²) in [7, 11) is 1.65. The number of amides is 2. The van der Waals surface area contributed by atoms with Crippen LogP contribution in [0.3, 0.4) is 0 Å². The highest BCUT2D eigenvalue weighted by molar-refractivity contribution is 5.89. The lowest BCUT2D eigenvalue weighted by molar-refractivity contribution is -0.141. The third-order valence-corrected chi connectivity index (χ3v) is 3.73. The molecule has 1 atom stereocenters. The lowest BCUT2D eigenvalue weighted by Crippen LogP contribution is -2.53. The molecule has 2 N–H and O–H groups in total. The maximum Gasteiger partial charge on any atom is 0.244 e. The van der Waals surface area contributed by atoms with Gasteiger partial charge in [-0.25, -0.2) is 0 Å². The number of ether oxygens (including phenoxy) is 1. The van der Waals surface area contributed by atoms with E-state index in [-0.39, 0.29) is 18.4 Å². The second-order valence-electron chi connectivity index (χ2n) is 6.98. The van der Waals surface area contributed by atoms with Crippen molar-refractivity contribution in [2.45, 2.75) is 52.2 Å². The van der Waals surface area contributed by atoms with Crippen molar-refractivity contribution in [3.8, 4) is 0 Å². The number of carbonyl (C=O) groups excluding carboxylic acids is 2. The van der Waals surface area contributed by atoms with E-state index in [0.29, 0.717) is 26.1 Å². The number of carbonyl (C=O) groups is 2. The molecule has 1 unspecified atom stereocenters. The van der Waals surface area contributed by atoms with E-state index in [1.807, 2.05) is 0 Å². The summed E-state index contributed by atoms with van der Waals surface area (Å²) in [6.07, 6.45) is 1.04. The molecule has 0 saturated carbocycles. The van der Waals surface area contributed by atoms with Crippen molar-refractivity contribution in [1.82, 2.24) is 10.2 Å². The number of rotatable bonds is 4. The molecule has 0 bridgehead atoms. The molecule has 1 aliphatic heterocycles. The Hall–Kier alpha value is -1.14. The van der Waals surface area contributed by atoms with E-state index in [0.717, 1.165) is 0 Å². The van der Waals surface area contributed by atoms with Crippen LogP contribution >= 0.6 is 0 Å². The molecule has 0 spiro atoms. The summed E-state index contributed by atoms with van der Waals surface area (Å²) in [5.74, 6) is -0.367. The van der Waals surface area contributed by atoms with Crippen molar-refractivity contribution in [2.75, 3.05) is 26.8 Å². The molecule has 1 saturated heterocycles. The Kier molecular flexibility index (Phi) is 5.75. The monoisotopic (exact) mass is 300 g/mol. The molecule has 1 heterocycles. The molecule has 6 heteroatoms. The molecule has 0 aromatic rings. The molecule has 0 radical (unpaired) electrons. The van der Waals surface area contributed by atoms with Gasteiger partial charge in [0.2, 0.25) is 11.8 Å². The molecule has 2 amide bonds. The maximum absolute atomic E-state index is 12.3. The molecule has 1 aliphatic rings. The van der Waals surface area contributed by atoms with E-state index in [9.17, 15) is 14.7 Å². The lowest BCUT2D eigenvalue weighted by Gasteiger charge is -2.36. The average Bonchev–Trinajstić information content (AvgIpc) is 2.36. The Bertz CT molecular complexity index is 384. The molecule has 21 heavy (non-hydrogen) atoms. The summed E-state index contributed by atoms with van der Waals surface area (Å²) in [6.45, 7) is 8.33. The van der Waals surface area contributed by atoms with Gasteiger partial charge >= 0.3 is 0 Å². The van der Waals surface area contributed by atoms with Crippen molar-refractivity contribution in [2.24, 2.45) is 5.41 Å². The Morgan fingerprint density at radius 1 is 1.33 bits per heavy atom. The van der Waals surface area contributed by atoms with Gasteiger partial charge in [0.25, 0.3) is 0 Å². The largest absolute Gasteiger partial charge is 0.388 e. The van der Waals surface area contributed by atoms with Crippen molar-refractivity contribution in [3.05, 3.63) is 0 Å². The number of nitrogens with zero attached hydrogens (tertiary/aromatic N) is 1. The number of nitrogens with one attached hydrogen (secondary N) is 1. The van der Waals surface area contributed by atoms with Gasteiger partial charge in [0.15, 0.2) is 0 Å². The minimum absolute atomic E-state index is 0.165. The van der Waals surface area contributed by atoms with Gasteiger partial charge in [0.05, 0.1) is 5.60 Å². The predicted molar refractivity (Wildman–Crippen MR) is 79.7 cm³/mol. The number of aliphatic hydroxyl groups is 1. The van der Waals surface area contributed by atoms with Gasteiger partial charge in [-0.15, -0.1) is 0 Å². The number of hydrogen-bond donors (Lipinski definition) is 2. The van der Waals surface area contributed by atoms with Crippen LogP contribution < -0.4 is 5.32 Å². The topological polar surface area (TPSA) is 78.9 Å². The maximum atomic E-state index is 12.3. The zero-order valence-corrected chi connectivity index (χ0v) is 13.7. The zero-order valence-electron chi connectivity index (χ0n) is 13.7. The molecular weight excluding hydrogens is 272 g/mol. The van der Waals surface area contributed by atoms with E-state index in [1.54, 1.807) is 34.7 Å². The first kappa shape index (κ1) is 17.9. The summed E-state index contributed by atoms with van der Waals surface area (Å²) in [6, 6.07) is -0.606. The van der Waals surface area contributed by atoms with Gasteiger partial charge in [-0.2, -0.15) is 0 Å². The smallest absolute Gasteiger partial charge is 0.244 e. The van der Waals surface area contributed by atoms with Crippen LogP contribution in [-0.2, 0) is 14.3 Å². The highest BCUT2D eigenvalue weighted by atomic mass is 16.5. The molecule has 1 rings (SSSR count). The van der Waals surface area contributed by atoms with E-state index in [2.05, 4.69) is 5.32 Å². The fourth-order valence-electron chi connectivity index (χ4n) is 2.23. The van der Waals surface area contributed by atoms with E-state index >= 15 is 0 Å². The summed E-state index contributed by atoms with van der Waals surface area (Å²) < 4.78 is 5.22. The number of likely N-dealkylation sites (N-methyl/N-ethyl adjacent to an activating group) is 1. The highest BCUT2D eigenvalue weighted by Gasteiger charge is 2.34. The first-order valence-corrected chi connectivity index (χ1v) is 7.41. The first-order valence-electron chi connectivity index (χ1n) is 7.41. The van der Waals surface area contributed by atoms with E-state index < -0.39 is 17.1 Å². The molecule has 0 aromatic carbocycles. The summed E-state index contributed by atoms with van der Waals surface area (Å²) in [5.41, 5.74) is -1.43. The van der Waals surface area contributed by atoms with Gasteiger partial charge in [0, 0.05) is 45.1 Å². The van der Waals surface area contributed by atoms with Crippen LogP contribution in [0.5, 0.6) is 0 Å². The van der Waals surface area contributed by atoms with Crippen LogP contribution in [-0.4, -0.2) is 60.3 Å². The molecule has 122 valence electrons. The average molecular weight is 300 g/mol. The Labute approximate surface area is 126 Å². The van der Waals surface area contributed by atoms with Crippen LogP contribution in [0.25, 0.3) is 0 Å². The highest BCUT2D eigenvalue weighted by Crippen LogP contribution is 2.21. The second kappa shape index (κ2) is 6.75. The second-order valence-corrected chi connectivity index (χ2v) is 6.98. The van der Waals surface area contributed by atoms with Crippen LogP contribution in [0.1, 0.15) is 40.5 Å². The third-order valence-electron chi connectivity index (χ3n) is 3.73. The summed E-state index contributed by atoms with van der Waals surface area (Å²) in [4.78, 5) is 25.7. The summed E-state index contributed by atoms with van der Waals surface area (Å²) >= 11 is 0. The van der Waals surface area contributed by atoms with Gasteiger partial charge in [-0.3, -0.25) is 9.59 Å². The number of hydrogen-bond acceptors (Lipinski definition) is 4. The summed E-state index contributed by atoms with van der Waals surface area (Å²) in [5, 5.41) is 13.1. The Balaban J connectivity index is 2.55. The molecule has 0 aromatic heterocycles. The first-order chi connectivity index (χ1) is 9.55. The standard InChI is InChI=1S/C15H28N2O4/c1-11(16-13(19)14(2,3)4)12(18)17(5)10-15(20)6-8-21-9-7-15/h11,20H,6-10H2,1-5H3,(H,16,19). The minimum atomic E-state index is -0.892. The van der Waals surface area contributed by atoms with Gasteiger partial charge in [-0.1, -0.05) is 20.8 Å². The van der Waals surface area contributed by atoms with Crippen LogP contribution in [0.15, 0.2) is 0 Å². The van der Waals surface area contributed by atoms with Crippen LogP contribution in [0, 0.1) is 5.41 Å². The molecule has 0 aliphatic carbocycles. The van der Waals surface area contributed by atoms with Gasteiger partial charge in [0.1, 0.15) is 6.04 Å². The fourth-order valence-corrected chi connectivity index (χ4v) is 2.23. The quantitative estimate of drug-likeness (QED) is 0.794. The molecular formula is C15H28N2O4. The normalized spacial score (nSPS) is 19.7. The zero-order chi connectivity index (χ0) is 16.3. The van der Waals surface area contributed by atoms with Crippen molar-refractivity contribution < 1.29 is 19.4 Å². The van der Waals surface area contributed by atoms with Crippen LogP contribution in [0.2, 0.25) is 0 Å².